The van der Waals surface area contributed by atoms with Crippen LogP contribution >= 0.6 is 0 Å². The molecule has 142 valence electrons. The molecule has 0 aliphatic heterocycles. The van der Waals surface area contributed by atoms with Crippen LogP contribution in [0, 0.1) is 17.2 Å². The highest BCUT2D eigenvalue weighted by atomic mass is 16.4. The van der Waals surface area contributed by atoms with Crippen LogP contribution in [-0.2, 0) is 11.2 Å². The van der Waals surface area contributed by atoms with Gasteiger partial charge >= 0.3 is 5.97 Å². The summed E-state index contributed by atoms with van der Waals surface area (Å²) >= 11 is 0. The number of nitrogens with zero attached hydrogens (tertiary/aromatic N) is 1. The van der Waals surface area contributed by atoms with Gasteiger partial charge in [-0.3, -0.25) is 0 Å². The van der Waals surface area contributed by atoms with E-state index in [9.17, 15) is 10.1 Å². The first-order valence-corrected chi connectivity index (χ1v) is 9.50. The summed E-state index contributed by atoms with van der Waals surface area (Å²) in [6.07, 6.45) is 6.80. The van der Waals surface area contributed by atoms with Gasteiger partial charge in [-0.25, -0.2) is 4.79 Å². The summed E-state index contributed by atoms with van der Waals surface area (Å²) in [4.78, 5) is 9.25. The average molecular weight is 364 g/mol. The summed E-state index contributed by atoms with van der Waals surface area (Å²) in [6.45, 7) is 7.46. The van der Waals surface area contributed by atoms with Crippen LogP contribution in [0.3, 0.4) is 0 Å². The molecule has 2 rings (SSSR count). The number of unbranched alkanes of at least 4 members (excludes halogenated alkanes) is 1. The third-order valence-corrected chi connectivity index (χ3v) is 4.57. The Morgan fingerprint density at radius 1 is 1.19 bits per heavy atom. The molecule has 0 aliphatic rings. The fraction of sp³-hybridized carbons (Fsp3) is 0.333. The van der Waals surface area contributed by atoms with E-state index >= 15 is 0 Å². The predicted molar refractivity (Wildman–Crippen MR) is 111 cm³/mol. The van der Waals surface area contributed by atoms with Gasteiger partial charge < -0.3 is 5.11 Å². The van der Waals surface area contributed by atoms with Crippen LogP contribution < -0.4 is 0 Å². The molecule has 3 nitrogen and oxygen atoms in total. The maximum Gasteiger partial charge on any atom is 0.327 e. The van der Waals surface area contributed by atoms with Gasteiger partial charge in [-0.2, -0.15) is 5.26 Å². The van der Waals surface area contributed by atoms with Crippen LogP contribution in [0.25, 0.3) is 11.1 Å². The van der Waals surface area contributed by atoms with E-state index in [4.69, 9.17) is 5.11 Å². The van der Waals surface area contributed by atoms with E-state index in [0.717, 1.165) is 29.2 Å². The topological polar surface area (TPSA) is 61.1 Å². The maximum atomic E-state index is 9.67. The first kappa shape index (κ1) is 22.2. The number of rotatable bonds is 8. The van der Waals surface area contributed by atoms with Gasteiger partial charge in [0, 0.05) is 6.08 Å². The quantitative estimate of drug-likeness (QED) is 0.565. The molecule has 0 bridgehead atoms. The minimum atomic E-state index is -0.981. The van der Waals surface area contributed by atoms with Crippen molar-refractivity contribution in [3.05, 3.63) is 72.3 Å². The number of hydrogen-bond donors (Lipinski definition) is 1. The SMILES string of the molecule is C=CC(=O)O.CCCCC(CC)Cc1cccc(-c2ccccc2)c1C#N. The molecule has 1 unspecified atom stereocenters. The normalized spacial score (nSPS) is 10.9. The van der Waals surface area contributed by atoms with Crippen LogP contribution in [0.1, 0.15) is 50.7 Å². The second-order valence-corrected chi connectivity index (χ2v) is 6.48. The van der Waals surface area contributed by atoms with Crippen molar-refractivity contribution in [3.63, 3.8) is 0 Å². The van der Waals surface area contributed by atoms with Crippen LogP contribution in [-0.4, -0.2) is 11.1 Å². The summed E-state index contributed by atoms with van der Waals surface area (Å²) in [5.74, 6) is -0.303. The van der Waals surface area contributed by atoms with Gasteiger partial charge in [-0.05, 0) is 29.0 Å². The summed E-state index contributed by atoms with van der Waals surface area (Å²) in [5.41, 5.74) is 4.24. The lowest BCUT2D eigenvalue weighted by Crippen LogP contribution is -2.05. The van der Waals surface area contributed by atoms with Gasteiger partial charge in [-0.15, -0.1) is 0 Å². The highest BCUT2D eigenvalue weighted by molar-refractivity contribution is 5.78. The summed E-state index contributed by atoms with van der Waals surface area (Å²) in [6, 6.07) is 18.9. The second kappa shape index (κ2) is 12.5. The predicted octanol–water partition coefficient (Wildman–Crippen LogP) is 6.24. The summed E-state index contributed by atoms with van der Waals surface area (Å²) < 4.78 is 0. The molecule has 0 radical (unpaired) electrons. The van der Waals surface area contributed by atoms with Gasteiger partial charge in [0.1, 0.15) is 6.07 Å². The van der Waals surface area contributed by atoms with Crippen molar-refractivity contribution >= 4 is 5.97 Å². The van der Waals surface area contributed by atoms with E-state index in [-0.39, 0.29) is 0 Å². The van der Waals surface area contributed by atoms with E-state index in [0.29, 0.717) is 5.92 Å². The molecule has 27 heavy (non-hydrogen) atoms. The van der Waals surface area contributed by atoms with Gasteiger partial charge in [0.15, 0.2) is 0 Å². The zero-order valence-corrected chi connectivity index (χ0v) is 16.3. The van der Waals surface area contributed by atoms with Crippen LogP contribution in [0.15, 0.2) is 61.2 Å². The molecular weight excluding hydrogens is 334 g/mol. The Hall–Kier alpha value is -2.86. The molecule has 0 heterocycles. The first-order valence-electron chi connectivity index (χ1n) is 9.50. The number of carboxylic acid groups (broad SMARTS) is 1. The number of carbonyl (C=O) groups is 1. The molecular formula is C24H29NO2. The molecule has 0 saturated carbocycles. The van der Waals surface area contributed by atoms with Gasteiger partial charge in [0.25, 0.3) is 0 Å². The lowest BCUT2D eigenvalue weighted by atomic mass is 9.87. The fourth-order valence-electron chi connectivity index (χ4n) is 3.01. The third kappa shape index (κ3) is 7.50. The molecule has 1 atom stereocenters. The van der Waals surface area contributed by atoms with Crippen molar-refractivity contribution in [2.24, 2.45) is 5.92 Å². The van der Waals surface area contributed by atoms with E-state index in [2.05, 4.69) is 56.8 Å². The third-order valence-electron chi connectivity index (χ3n) is 4.57. The first-order chi connectivity index (χ1) is 13.1. The molecule has 2 aromatic carbocycles. The van der Waals surface area contributed by atoms with Crippen molar-refractivity contribution < 1.29 is 9.90 Å². The fourth-order valence-corrected chi connectivity index (χ4v) is 3.01. The smallest absolute Gasteiger partial charge is 0.327 e. The van der Waals surface area contributed by atoms with E-state index < -0.39 is 5.97 Å². The Morgan fingerprint density at radius 2 is 1.85 bits per heavy atom. The Bertz CT molecular complexity index is 760. The zero-order valence-electron chi connectivity index (χ0n) is 16.3. The lowest BCUT2D eigenvalue weighted by molar-refractivity contribution is -0.131. The van der Waals surface area contributed by atoms with Crippen molar-refractivity contribution in [1.82, 2.24) is 0 Å². The Kier molecular flexibility index (Phi) is 10.3. The van der Waals surface area contributed by atoms with Crippen LogP contribution in [0.5, 0.6) is 0 Å². The molecule has 0 amide bonds. The molecule has 0 saturated heterocycles. The standard InChI is InChI=1S/C21H25N.C3H4O2/c1-3-5-10-17(4-2)15-19-13-9-14-20(21(19)16-22)18-11-7-6-8-12-18;1-2-3(4)5/h6-9,11-14,17H,3-5,10,15H2,1-2H3;2H,1H2,(H,4,5). The number of nitriles is 1. The van der Waals surface area contributed by atoms with Gasteiger partial charge in [0.2, 0.25) is 0 Å². The van der Waals surface area contributed by atoms with Crippen molar-refractivity contribution in [2.45, 2.75) is 46.0 Å². The molecule has 0 aromatic heterocycles. The number of hydrogen-bond acceptors (Lipinski definition) is 2. The van der Waals surface area contributed by atoms with Crippen molar-refractivity contribution in [1.29, 1.82) is 5.26 Å². The largest absolute Gasteiger partial charge is 0.478 e. The Labute approximate surface area is 163 Å². The highest BCUT2D eigenvalue weighted by Gasteiger charge is 2.13. The highest BCUT2D eigenvalue weighted by Crippen LogP contribution is 2.28. The average Bonchev–Trinajstić information content (AvgIpc) is 2.71. The van der Waals surface area contributed by atoms with Crippen molar-refractivity contribution in [3.8, 4) is 17.2 Å². The Balaban J connectivity index is 0.000000646. The molecule has 0 fully saturated rings. The maximum absolute atomic E-state index is 9.67. The zero-order chi connectivity index (χ0) is 20.1. The van der Waals surface area contributed by atoms with Crippen LogP contribution in [0.4, 0.5) is 0 Å². The van der Waals surface area contributed by atoms with Crippen molar-refractivity contribution in [2.75, 3.05) is 0 Å². The van der Waals surface area contributed by atoms with Crippen LogP contribution in [0.2, 0.25) is 0 Å². The number of benzene rings is 2. The van der Waals surface area contributed by atoms with E-state index in [1.165, 1.54) is 31.2 Å². The van der Waals surface area contributed by atoms with E-state index in [1.54, 1.807) is 0 Å². The summed E-state index contributed by atoms with van der Waals surface area (Å²) in [7, 11) is 0. The molecule has 2 aromatic rings. The van der Waals surface area contributed by atoms with Gasteiger partial charge in [0.05, 0.1) is 5.56 Å². The van der Waals surface area contributed by atoms with E-state index in [1.807, 2.05) is 18.2 Å². The second-order valence-electron chi connectivity index (χ2n) is 6.48. The molecule has 1 N–H and O–H groups in total. The Morgan fingerprint density at radius 3 is 2.37 bits per heavy atom. The minimum absolute atomic E-state index is 0.679. The monoisotopic (exact) mass is 363 g/mol. The number of carboxylic acids is 1. The minimum Gasteiger partial charge on any atom is -0.478 e. The summed E-state index contributed by atoms with van der Waals surface area (Å²) in [5, 5.41) is 17.3. The lowest BCUT2D eigenvalue weighted by Gasteiger charge is -2.17. The molecule has 0 spiro atoms. The molecule has 3 heteroatoms. The molecule has 0 aliphatic carbocycles. The number of aliphatic carboxylic acids is 1. The van der Waals surface area contributed by atoms with Gasteiger partial charge in [-0.1, -0.05) is 94.6 Å².